The van der Waals surface area contributed by atoms with Gasteiger partial charge in [-0.3, -0.25) is 9.59 Å². The van der Waals surface area contributed by atoms with E-state index in [-0.39, 0.29) is 24.1 Å². The molecular formula is C32H54N2O4+2. The summed E-state index contributed by atoms with van der Waals surface area (Å²) in [6.45, 7) is 2.70. The first-order valence-electron chi connectivity index (χ1n) is 16.4. The van der Waals surface area contributed by atoms with Gasteiger partial charge in [-0.1, -0.05) is 12.8 Å². The van der Waals surface area contributed by atoms with Crippen LogP contribution < -0.4 is 0 Å². The Morgan fingerprint density at radius 3 is 1.21 bits per heavy atom. The van der Waals surface area contributed by atoms with Crippen molar-refractivity contribution in [1.82, 2.24) is 0 Å². The zero-order valence-corrected chi connectivity index (χ0v) is 24.3. The van der Waals surface area contributed by atoms with E-state index in [4.69, 9.17) is 9.47 Å². The summed E-state index contributed by atoms with van der Waals surface area (Å²) in [5.74, 6) is 1.90. The molecule has 6 rings (SSSR count). The first-order valence-corrected chi connectivity index (χ1v) is 16.4. The Morgan fingerprint density at radius 2 is 0.895 bits per heavy atom. The molecule has 4 heterocycles. The molecule has 2 saturated carbocycles. The first-order chi connectivity index (χ1) is 18.3. The van der Waals surface area contributed by atoms with E-state index in [9.17, 15) is 9.59 Å². The van der Waals surface area contributed by atoms with Gasteiger partial charge in [0.15, 0.2) is 0 Å². The summed E-state index contributed by atoms with van der Waals surface area (Å²) in [6.07, 6.45) is 20.2. The number of hydrogen-bond acceptors (Lipinski definition) is 4. The van der Waals surface area contributed by atoms with E-state index in [2.05, 4.69) is 14.1 Å². The number of ether oxygens (including phenoxy) is 2. The highest BCUT2D eigenvalue weighted by molar-refractivity contribution is 5.70. The number of quaternary nitrogens is 2. The van der Waals surface area contributed by atoms with Gasteiger partial charge in [0.25, 0.3) is 0 Å². The molecule has 4 saturated heterocycles. The average molecular weight is 531 g/mol. The number of hydrogen-bond donors (Lipinski definition) is 0. The maximum absolute atomic E-state index is 12.5. The Bertz CT molecular complexity index is 770. The van der Waals surface area contributed by atoms with Gasteiger partial charge in [-0.25, -0.2) is 0 Å². The summed E-state index contributed by atoms with van der Waals surface area (Å²) in [4.78, 5) is 25.0. The van der Waals surface area contributed by atoms with Crippen LogP contribution in [0, 0.1) is 11.8 Å². The molecule has 8 atom stereocenters. The second-order valence-corrected chi connectivity index (χ2v) is 14.8. The molecule has 0 spiro atoms. The molecule has 4 unspecified atom stereocenters. The normalized spacial score (nSPS) is 41.7. The quantitative estimate of drug-likeness (QED) is 0.179. The second kappa shape index (κ2) is 11.0. The molecule has 6 fully saturated rings. The standard InChI is InChI=1S/C32H54N2O4/c1-33(21-23-9-10-23)25-13-14-26(33)18-29(17-25)37-31(35)7-5-3-4-6-8-32(36)38-30-19-27-15-16-28(20-30)34(27,2)22-24-11-12-24/h23-30H,3-22H2,1-2H3/q+2/t25-,26+,27-,28+,29?,30?,33?,34?. The maximum Gasteiger partial charge on any atom is 0.306 e. The molecule has 4 aliphatic heterocycles. The fourth-order valence-corrected chi connectivity index (χ4v) is 9.27. The van der Waals surface area contributed by atoms with Gasteiger partial charge in [-0.2, -0.15) is 0 Å². The van der Waals surface area contributed by atoms with E-state index >= 15 is 0 Å². The van der Waals surface area contributed by atoms with Gasteiger partial charge in [-0.05, 0) is 38.5 Å². The SMILES string of the molecule is C[N+]1(CC2CC2)[C@@H]2CC[C@H]1CC(OC(=O)CCCCCCC(=O)OC1C[C@H]3CC[C@@H](C1)[N+]3(C)CC1CC1)C2. The molecule has 0 amide bonds. The van der Waals surface area contributed by atoms with E-state index in [1.807, 2.05) is 0 Å². The van der Waals surface area contributed by atoms with Crippen molar-refractivity contribution in [1.29, 1.82) is 0 Å². The smallest absolute Gasteiger partial charge is 0.306 e. The summed E-state index contributed by atoms with van der Waals surface area (Å²) in [7, 11) is 4.94. The van der Waals surface area contributed by atoms with Crippen LogP contribution in [0.1, 0.15) is 116 Å². The number of rotatable bonds is 13. The van der Waals surface area contributed by atoms with Crippen LogP contribution in [0.5, 0.6) is 0 Å². The van der Waals surface area contributed by atoms with Crippen LogP contribution in [0.25, 0.3) is 0 Å². The molecule has 38 heavy (non-hydrogen) atoms. The highest BCUT2D eigenvalue weighted by atomic mass is 16.5. The Labute approximate surface area is 231 Å². The van der Waals surface area contributed by atoms with Crippen LogP contribution in [-0.2, 0) is 19.1 Å². The summed E-state index contributed by atoms with van der Waals surface area (Å²) in [6, 6.07) is 2.79. The molecule has 0 radical (unpaired) electrons. The number of unbranched alkanes of at least 4 members (excludes halogenated alkanes) is 3. The lowest BCUT2D eigenvalue weighted by Crippen LogP contribution is -2.59. The van der Waals surface area contributed by atoms with Crippen LogP contribution in [0.3, 0.4) is 0 Å². The van der Waals surface area contributed by atoms with Gasteiger partial charge >= 0.3 is 11.9 Å². The largest absolute Gasteiger partial charge is 0.462 e. The zero-order chi connectivity index (χ0) is 26.3. The van der Waals surface area contributed by atoms with Gasteiger partial charge in [0.1, 0.15) is 12.2 Å². The highest BCUT2D eigenvalue weighted by Gasteiger charge is 2.55. The van der Waals surface area contributed by atoms with Crippen molar-refractivity contribution in [3.05, 3.63) is 0 Å². The molecule has 6 nitrogen and oxygen atoms in total. The minimum atomic E-state index is -0.00822. The van der Waals surface area contributed by atoms with Crippen molar-refractivity contribution in [3.63, 3.8) is 0 Å². The summed E-state index contributed by atoms with van der Waals surface area (Å²) < 4.78 is 14.4. The van der Waals surface area contributed by atoms with E-state index < -0.39 is 0 Å². The van der Waals surface area contributed by atoms with Crippen LogP contribution in [-0.4, -0.2) is 84.5 Å². The second-order valence-electron chi connectivity index (χ2n) is 14.8. The van der Waals surface area contributed by atoms with E-state index in [0.29, 0.717) is 37.0 Å². The molecular weight excluding hydrogens is 476 g/mol. The molecule has 6 aliphatic rings. The predicted molar refractivity (Wildman–Crippen MR) is 147 cm³/mol. The summed E-state index contributed by atoms with van der Waals surface area (Å²) >= 11 is 0. The third-order valence-corrected chi connectivity index (χ3v) is 11.9. The first kappa shape index (κ1) is 27.1. The Hall–Kier alpha value is -1.14. The van der Waals surface area contributed by atoms with Crippen molar-refractivity contribution in [2.75, 3.05) is 27.2 Å². The minimum Gasteiger partial charge on any atom is -0.462 e. The van der Waals surface area contributed by atoms with Gasteiger partial charge in [-0.15, -0.1) is 0 Å². The Morgan fingerprint density at radius 1 is 0.553 bits per heavy atom. The monoisotopic (exact) mass is 530 g/mol. The lowest BCUT2D eigenvalue weighted by molar-refractivity contribution is -0.950. The van der Waals surface area contributed by atoms with Crippen LogP contribution in [0.15, 0.2) is 0 Å². The third kappa shape index (κ3) is 5.96. The number of esters is 2. The van der Waals surface area contributed by atoms with E-state index in [1.54, 1.807) is 0 Å². The van der Waals surface area contributed by atoms with E-state index in [1.165, 1.54) is 73.4 Å². The molecule has 0 aromatic heterocycles. The fourth-order valence-electron chi connectivity index (χ4n) is 9.27. The topological polar surface area (TPSA) is 52.6 Å². The predicted octanol–water partition coefficient (Wildman–Crippen LogP) is 5.51. The van der Waals surface area contributed by atoms with Crippen LogP contribution >= 0.6 is 0 Å². The molecule has 0 aromatic carbocycles. The molecule has 2 aliphatic carbocycles. The van der Waals surface area contributed by atoms with Gasteiger partial charge in [0.2, 0.25) is 0 Å². The molecule has 214 valence electrons. The van der Waals surface area contributed by atoms with Gasteiger partial charge in [0, 0.05) is 76.0 Å². The Balaban J connectivity index is 0.820. The van der Waals surface area contributed by atoms with Crippen molar-refractivity contribution in [2.24, 2.45) is 11.8 Å². The third-order valence-electron chi connectivity index (χ3n) is 11.9. The van der Waals surface area contributed by atoms with E-state index in [0.717, 1.165) is 63.2 Å². The number of carbonyl (C=O) groups is 2. The Kier molecular flexibility index (Phi) is 7.85. The lowest BCUT2D eigenvalue weighted by atomic mass is 9.96. The maximum atomic E-state index is 12.5. The molecule has 0 N–H and O–H groups in total. The molecule has 4 bridgehead atoms. The van der Waals surface area contributed by atoms with Crippen LogP contribution in [0.4, 0.5) is 0 Å². The molecule has 0 aromatic rings. The number of piperidine rings is 2. The average Bonchev–Trinajstić information content (AvgIpc) is 3.77. The zero-order valence-electron chi connectivity index (χ0n) is 24.3. The molecule has 6 heteroatoms. The van der Waals surface area contributed by atoms with Crippen molar-refractivity contribution < 1.29 is 28.0 Å². The summed E-state index contributed by atoms with van der Waals surface area (Å²) in [5, 5.41) is 0. The number of nitrogens with zero attached hydrogens (tertiary/aromatic N) is 2. The van der Waals surface area contributed by atoms with Gasteiger partial charge in [0.05, 0.1) is 51.4 Å². The minimum absolute atomic E-state index is 0.00822. The highest BCUT2D eigenvalue weighted by Crippen LogP contribution is 2.47. The van der Waals surface area contributed by atoms with Crippen molar-refractivity contribution in [2.45, 2.75) is 152 Å². The van der Waals surface area contributed by atoms with Gasteiger partial charge < -0.3 is 18.4 Å². The summed E-state index contributed by atoms with van der Waals surface area (Å²) in [5.41, 5.74) is 0. The number of fused-ring (bicyclic) bond motifs is 4. The van der Waals surface area contributed by atoms with Crippen molar-refractivity contribution >= 4 is 11.9 Å². The van der Waals surface area contributed by atoms with Crippen LogP contribution in [0.2, 0.25) is 0 Å². The van der Waals surface area contributed by atoms with Crippen molar-refractivity contribution in [3.8, 4) is 0 Å². The lowest BCUT2D eigenvalue weighted by Gasteiger charge is -2.47. The number of carbonyl (C=O) groups excluding carboxylic acids is 2. The fraction of sp³-hybridized carbons (Fsp3) is 0.938.